The van der Waals surface area contributed by atoms with Gasteiger partial charge in [0, 0.05) is 6.04 Å². The Morgan fingerprint density at radius 2 is 1.68 bits per heavy atom. The molecule has 2 aliphatic carbocycles. The van der Waals surface area contributed by atoms with E-state index >= 15 is 0 Å². The van der Waals surface area contributed by atoms with Crippen LogP contribution in [0.2, 0.25) is 0 Å². The molecule has 0 aromatic heterocycles. The summed E-state index contributed by atoms with van der Waals surface area (Å²) in [5.41, 5.74) is 0.593. The smallest absolute Gasteiger partial charge is 0.00672 e. The van der Waals surface area contributed by atoms with E-state index in [-0.39, 0.29) is 0 Å². The van der Waals surface area contributed by atoms with Crippen molar-refractivity contribution in [3.63, 3.8) is 0 Å². The van der Waals surface area contributed by atoms with Crippen LogP contribution in [0.25, 0.3) is 0 Å². The van der Waals surface area contributed by atoms with Gasteiger partial charge in [0.1, 0.15) is 0 Å². The van der Waals surface area contributed by atoms with Crippen molar-refractivity contribution >= 4 is 0 Å². The van der Waals surface area contributed by atoms with Gasteiger partial charge in [-0.1, -0.05) is 52.9 Å². The van der Waals surface area contributed by atoms with Crippen molar-refractivity contribution in [3.8, 4) is 0 Å². The number of rotatable bonds is 4. The maximum atomic E-state index is 3.86. The van der Waals surface area contributed by atoms with E-state index in [2.05, 4.69) is 26.1 Å². The molecule has 0 aliphatic heterocycles. The minimum Gasteiger partial charge on any atom is -0.314 e. The summed E-state index contributed by atoms with van der Waals surface area (Å²) in [4.78, 5) is 0. The maximum absolute atomic E-state index is 3.86. The summed E-state index contributed by atoms with van der Waals surface area (Å²) in [5, 5.41) is 3.86. The van der Waals surface area contributed by atoms with E-state index in [9.17, 15) is 0 Å². The Labute approximate surface area is 120 Å². The second-order valence-corrected chi connectivity index (χ2v) is 8.16. The van der Waals surface area contributed by atoms with E-state index in [1.807, 2.05) is 0 Å². The quantitative estimate of drug-likeness (QED) is 0.693. The lowest BCUT2D eigenvalue weighted by molar-refractivity contribution is 0.269. The van der Waals surface area contributed by atoms with E-state index < -0.39 is 0 Å². The Balaban J connectivity index is 1.60. The number of nitrogens with one attached hydrogen (secondary N) is 1. The van der Waals surface area contributed by atoms with E-state index in [1.54, 1.807) is 0 Å². The lowest BCUT2D eigenvalue weighted by atomic mass is 9.81. The van der Waals surface area contributed by atoms with Crippen molar-refractivity contribution < 1.29 is 0 Å². The molecule has 1 atom stereocenters. The fourth-order valence-corrected chi connectivity index (χ4v) is 3.97. The van der Waals surface area contributed by atoms with Gasteiger partial charge in [-0.2, -0.15) is 0 Å². The normalized spacial score (nSPS) is 35.8. The molecule has 19 heavy (non-hydrogen) atoms. The first-order chi connectivity index (χ1) is 9.05. The predicted octanol–water partition coefficient (Wildman–Crippen LogP) is 5.15. The van der Waals surface area contributed by atoms with Crippen molar-refractivity contribution in [2.75, 3.05) is 6.54 Å². The SMILES string of the molecule is CC1CCC(CCNC2CCCC(C)(C)CC2)CC1. The van der Waals surface area contributed by atoms with Gasteiger partial charge >= 0.3 is 0 Å². The zero-order chi connectivity index (χ0) is 13.7. The number of hydrogen-bond acceptors (Lipinski definition) is 1. The van der Waals surface area contributed by atoms with E-state index in [1.165, 1.54) is 70.8 Å². The van der Waals surface area contributed by atoms with E-state index in [4.69, 9.17) is 0 Å². The first-order valence-corrected chi connectivity index (χ1v) is 8.78. The zero-order valence-electron chi connectivity index (χ0n) is 13.5. The van der Waals surface area contributed by atoms with Gasteiger partial charge in [0.2, 0.25) is 0 Å². The van der Waals surface area contributed by atoms with Crippen LogP contribution in [0.5, 0.6) is 0 Å². The molecule has 0 amide bonds. The maximum Gasteiger partial charge on any atom is 0.00672 e. The summed E-state index contributed by atoms with van der Waals surface area (Å²) in [6.07, 6.45) is 14.4. The van der Waals surface area contributed by atoms with Crippen LogP contribution in [-0.2, 0) is 0 Å². The number of hydrogen-bond donors (Lipinski definition) is 1. The molecule has 1 unspecified atom stereocenters. The van der Waals surface area contributed by atoms with Crippen LogP contribution in [0.15, 0.2) is 0 Å². The van der Waals surface area contributed by atoms with Crippen LogP contribution >= 0.6 is 0 Å². The van der Waals surface area contributed by atoms with Crippen LogP contribution in [-0.4, -0.2) is 12.6 Å². The van der Waals surface area contributed by atoms with Crippen LogP contribution in [0, 0.1) is 17.3 Å². The summed E-state index contributed by atoms with van der Waals surface area (Å²) in [6.45, 7) is 8.57. The molecule has 2 fully saturated rings. The Hall–Kier alpha value is -0.0400. The summed E-state index contributed by atoms with van der Waals surface area (Å²) in [5.74, 6) is 2.01. The van der Waals surface area contributed by atoms with Crippen LogP contribution < -0.4 is 5.32 Å². The third kappa shape index (κ3) is 5.45. The zero-order valence-corrected chi connectivity index (χ0v) is 13.5. The van der Waals surface area contributed by atoms with E-state index in [0.717, 1.165) is 17.9 Å². The second kappa shape index (κ2) is 7.11. The molecule has 112 valence electrons. The summed E-state index contributed by atoms with van der Waals surface area (Å²) in [7, 11) is 0. The molecule has 0 aromatic rings. The average Bonchev–Trinajstić information content (AvgIpc) is 2.53. The highest BCUT2D eigenvalue weighted by Gasteiger charge is 2.24. The third-order valence-electron chi connectivity index (χ3n) is 5.70. The fourth-order valence-electron chi connectivity index (χ4n) is 3.97. The molecule has 1 N–H and O–H groups in total. The third-order valence-corrected chi connectivity index (χ3v) is 5.70. The van der Waals surface area contributed by atoms with Crippen LogP contribution in [0.3, 0.4) is 0 Å². The Bertz CT molecular complexity index is 250. The van der Waals surface area contributed by atoms with Gasteiger partial charge in [0.15, 0.2) is 0 Å². The van der Waals surface area contributed by atoms with Gasteiger partial charge in [-0.05, 0) is 55.9 Å². The molecule has 0 aromatic carbocycles. The van der Waals surface area contributed by atoms with Crippen molar-refractivity contribution in [2.24, 2.45) is 17.3 Å². The molecular formula is C18H35N. The fraction of sp³-hybridized carbons (Fsp3) is 1.00. The highest BCUT2D eigenvalue weighted by Crippen LogP contribution is 2.34. The Morgan fingerprint density at radius 1 is 0.947 bits per heavy atom. The predicted molar refractivity (Wildman–Crippen MR) is 84.4 cm³/mol. The van der Waals surface area contributed by atoms with Crippen molar-refractivity contribution in [3.05, 3.63) is 0 Å². The summed E-state index contributed by atoms with van der Waals surface area (Å²) >= 11 is 0. The minimum atomic E-state index is 0.593. The highest BCUT2D eigenvalue weighted by molar-refractivity contribution is 4.80. The second-order valence-electron chi connectivity index (χ2n) is 8.16. The molecular weight excluding hydrogens is 230 g/mol. The van der Waals surface area contributed by atoms with E-state index in [0.29, 0.717) is 5.41 Å². The Kier molecular flexibility index (Phi) is 5.74. The standard InChI is InChI=1S/C18H35N/c1-15-6-8-16(9-7-15)11-14-19-17-5-4-12-18(2,3)13-10-17/h15-17,19H,4-14H2,1-3H3. The molecule has 0 saturated heterocycles. The molecule has 1 nitrogen and oxygen atoms in total. The molecule has 0 bridgehead atoms. The highest BCUT2D eigenvalue weighted by atomic mass is 14.9. The molecule has 2 saturated carbocycles. The lowest BCUT2D eigenvalue weighted by Crippen LogP contribution is -2.31. The molecule has 0 heterocycles. The monoisotopic (exact) mass is 265 g/mol. The molecule has 0 radical (unpaired) electrons. The topological polar surface area (TPSA) is 12.0 Å². The summed E-state index contributed by atoms with van der Waals surface area (Å²) < 4.78 is 0. The molecule has 2 aliphatic rings. The first kappa shape index (κ1) is 15.4. The Morgan fingerprint density at radius 3 is 2.42 bits per heavy atom. The van der Waals surface area contributed by atoms with Crippen LogP contribution in [0.4, 0.5) is 0 Å². The first-order valence-electron chi connectivity index (χ1n) is 8.78. The average molecular weight is 265 g/mol. The molecule has 1 heteroatoms. The van der Waals surface area contributed by atoms with Gasteiger partial charge in [-0.25, -0.2) is 0 Å². The van der Waals surface area contributed by atoms with Gasteiger partial charge in [-0.3, -0.25) is 0 Å². The van der Waals surface area contributed by atoms with Crippen molar-refractivity contribution in [2.45, 2.75) is 91.0 Å². The molecule has 2 rings (SSSR count). The van der Waals surface area contributed by atoms with Crippen LogP contribution in [0.1, 0.15) is 85.0 Å². The minimum absolute atomic E-state index is 0.593. The van der Waals surface area contributed by atoms with Gasteiger partial charge in [0.05, 0.1) is 0 Å². The summed E-state index contributed by atoms with van der Waals surface area (Å²) in [6, 6.07) is 0.810. The van der Waals surface area contributed by atoms with Crippen molar-refractivity contribution in [1.82, 2.24) is 5.32 Å². The molecule has 0 spiro atoms. The van der Waals surface area contributed by atoms with Gasteiger partial charge in [-0.15, -0.1) is 0 Å². The van der Waals surface area contributed by atoms with Gasteiger partial charge in [0.25, 0.3) is 0 Å². The van der Waals surface area contributed by atoms with Crippen molar-refractivity contribution in [1.29, 1.82) is 0 Å². The van der Waals surface area contributed by atoms with Gasteiger partial charge < -0.3 is 5.32 Å². The largest absolute Gasteiger partial charge is 0.314 e. The lowest BCUT2D eigenvalue weighted by Gasteiger charge is -2.27.